The van der Waals surface area contributed by atoms with E-state index in [0.29, 0.717) is 0 Å². The number of aryl methyl sites for hydroxylation is 2. The molecule has 1 fully saturated rings. The van der Waals surface area contributed by atoms with Crippen LogP contribution in [0.4, 0.5) is 0 Å². The zero-order valence-corrected chi connectivity index (χ0v) is 12.1. The lowest BCUT2D eigenvalue weighted by atomic mass is 9.89. The molecule has 2 aromatic rings. The predicted molar refractivity (Wildman–Crippen MR) is 81.8 cm³/mol. The first-order valence-electron chi connectivity index (χ1n) is 7.20. The summed E-state index contributed by atoms with van der Waals surface area (Å²) in [7, 11) is 0. The molecule has 0 spiro atoms. The number of benzene rings is 2. The second-order valence-corrected chi connectivity index (χ2v) is 5.72. The fraction of sp³-hybridized carbons (Fsp3) is 0.333. The molecule has 0 saturated carbocycles. The Morgan fingerprint density at radius 1 is 0.900 bits per heavy atom. The number of likely N-dealkylation sites (tertiary alicyclic amines) is 1. The summed E-state index contributed by atoms with van der Waals surface area (Å²) < 4.78 is 0. The third-order valence-corrected chi connectivity index (χ3v) is 4.22. The third-order valence-electron chi connectivity index (χ3n) is 4.22. The number of aliphatic hydroxyl groups excluding tert-OH is 1. The van der Waals surface area contributed by atoms with Gasteiger partial charge in [-0.15, -0.1) is 0 Å². The Kier molecular flexibility index (Phi) is 3.60. The maximum atomic E-state index is 9.66. The number of nitrogens with zero attached hydrogens (tertiary/aromatic N) is 1. The van der Waals surface area contributed by atoms with Gasteiger partial charge in [-0.25, -0.2) is 0 Å². The quantitative estimate of drug-likeness (QED) is 0.924. The Morgan fingerprint density at radius 2 is 1.35 bits per heavy atom. The molecule has 1 N–H and O–H groups in total. The maximum absolute atomic E-state index is 9.66. The van der Waals surface area contributed by atoms with Crippen molar-refractivity contribution < 1.29 is 5.11 Å². The topological polar surface area (TPSA) is 23.5 Å². The van der Waals surface area contributed by atoms with E-state index in [1.54, 1.807) is 0 Å². The molecule has 0 aromatic heterocycles. The highest BCUT2D eigenvalue weighted by atomic mass is 16.3. The Hall–Kier alpha value is -1.64. The minimum Gasteiger partial charge on any atom is -0.390 e. The third kappa shape index (κ3) is 2.37. The number of β-amino-alcohol motifs (C(OH)–C–C–N with tert-alkyl or cyclic N) is 1. The highest BCUT2D eigenvalue weighted by Crippen LogP contribution is 2.35. The van der Waals surface area contributed by atoms with E-state index in [4.69, 9.17) is 0 Å². The molecule has 1 saturated heterocycles. The normalized spacial score (nSPS) is 16.4. The van der Waals surface area contributed by atoms with Crippen LogP contribution in [0.3, 0.4) is 0 Å². The first kappa shape index (κ1) is 13.3. The van der Waals surface area contributed by atoms with Gasteiger partial charge in [0, 0.05) is 13.1 Å². The average molecular weight is 267 g/mol. The van der Waals surface area contributed by atoms with E-state index < -0.39 is 0 Å². The smallest absolute Gasteiger partial charge is 0.0794 e. The van der Waals surface area contributed by atoms with E-state index in [9.17, 15) is 5.11 Å². The van der Waals surface area contributed by atoms with Gasteiger partial charge in [0.15, 0.2) is 0 Å². The van der Waals surface area contributed by atoms with E-state index in [1.807, 2.05) is 0 Å². The lowest BCUT2D eigenvalue weighted by molar-refractivity contribution is -0.0163. The summed E-state index contributed by atoms with van der Waals surface area (Å²) in [6.45, 7) is 5.84. The zero-order chi connectivity index (χ0) is 14.1. The van der Waals surface area contributed by atoms with Crippen molar-refractivity contribution >= 4 is 0 Å². The minimum absolute atomic E-state index is 0.175. The summed E-state index contributed by atoms with van der Waals surface area (Å²) in [4.78, 5) is 2.36. The molecule has 20 heavy (non-hydrogen) atoms. The van der Waals surface area contributed by atoms with Gasteiger partial charge in [-0.05, 0) is 36.1 Å². The molecule has 1 aliphatic heterocycles. The Labute approximate surface area is 120 Å². The van der Waals surface area contributed by atoms with Crippen molar-refractivity contribution in [3.8, 4) is 0 Å². The van der Waals surface area contributed by atoms with Crippen LogP contribution >= 0.6 is 0 Å². The minimum atomic E-state index is -0.175. The van der Waals surface area contributed by atoms with Crippen molar-refractivity contribution in [1.82, 2.24) is 4.90 Å². The summed E-state index contributed by atoms with van der Waals surface area (Å²) in [6, 6.07) is 17.4. The van der Waals surface area contributed by atoms with Crippen LogP contribution in [0.15, 0.2) is 48.5 Å². The summed E-state index contributed by atoms with van der Waals surface area (Å²) in [5, 5.41) is 9.66. The summed E-state index contributed by atoms with van der Waals surface area (Å²) in [5.41, 5.74) is 5.30. The number of hydrogen-bond acceptors (Lipinski definition) is 2. The van der Waals surface area contributed by atoms with Crippen LogP contribution in [-0.4, -0.2) is 29.2 Å². The first-order valence-corrected chi connectivity index (χ1v) is 7.20. The van der Waals surface area contributed by atoms with E-state index in [0.717, 1.165) is 13.1 Å². The van der Waals surface area contributed by atoms with Crippen LogP contribution in [0.25, 0.3) is 0 Å². The second-order valence-electron chi connectivity index (χ2n) is 5.72. The summed E-state index contributed by atoms with van der Waals surface area (Å²) in [5.74, 6) is 0. The average Bonchev–Trinajstić information content (AvgIpc) is 2.41. The molecule has 2 heteroatoms. The highest BCUT2D eigenvalue weighted by molar-refractivity contribution is 5.40. The van der Waals surface area contributed by atoms with Crippen molar-refractivity contribution in [3.63, 3.8) is 0 Å². The molecular formula is C18H21NO. The molecule has 0 bridgehead atoms. The molecular weight excluding hydrogens is 246 g/mol. The summed E-state index contributed by atoms with van der Waals surface area (Å²) >= 11 is 0. The molecule has 0 radical (unpaired) electrons. The maximum Gasteiger partial charge on any atom is 0.0794 e. The van der Waals surface area contributed by atoms with Crippen LogP contribution in [0.2, 0.25) is 0 Å². The molecule has 1 aliphatic rings. The van der Waals surface area contributed by atoms with Gasteiger partial charge < -0.3 is 5.11 Å². The van der Waals surface area contributed by atoms with Gasteiger partial charge >= 0.3 is 0 Å². The van der Waals surface area contributed by atoms with Crippen molar-refractivity contribution in [2.45, 2.75) is 26.0 Å². The van der Waals surface area contributed by atoms with E-state index >= 15 is 0 Å². The van der Waals surface area contributed by atoms with Gasteiger partial charge in [0.25, 0.3) is 0 Å². The zero-order valence-electron chi connectivity index (χ0n) is 12.1. The Morgan fingerprint density at radius 3 is 1.75 bits per heavy atom. The van der Waals surface area contributed by atoms with E-state index in [1.165, 1.54) is 22.3 Å². The molecule has 0 amide bonds. The van der Waals surface area contributed by atoms with Crippen molar-refractivity contribution in [1.29, 1.82) is 0 Å². The fourth-order valence-electron chi connectivity index (χ4n) is 3.05. The van der Waals surface area contributed by atoms with Crippen molar-refractivity contribution in [3.05, 3.63) is 70.8 Å². The van der Waals surface area contributed by atoms with Gasteiger partial charge in [-0.3, -0.25) is 4.90 Å². The van der Waals surface area contributed by atoms with Gasteiger partial charge in [0.05, 0.1) is 12.1 Å². The largest absolute Gasteiger partial charge is 0.390 e. The Balaban J connectivity index is 2.05. The van der Waals surface area contributed by atoms with E-state index in [-0.39, 0.29) is 12.1 Å². The molecule has 1 heterocycles. The van der Waals surface area contributed by atoms with Crippen molar-refractivity contribution in [2.24, 2.45) is 0 Å². The number of aliphatic hydroxyl groups is 1. The summed E-state index contributed by atoms with van der Waals surface area (Å²) in [6.07, 6.45) is -0.175. The predicted octanol–water partition coefficient (Wildman–Crippen LogP) is 3.07. The lowest BCUT2D eigenvalue weighted by Crippen LogP contribution is -2.52. The fourth-order valence-corrected chi connectivity index (χ4v) is 3.05. The highest BCUT2D eigenvalue weighted by Gasteiger charge is 2.33. The number of hydrogen-bond donors (Lipinski definition) is 1. The van der Waals surface area contributed by atoms with Gasteiger partial charge in [-0.2, -0.15) is 0 Å². The lowest BCUT2D eigenvalue weighted by Gasteiger charge is -2.43. The second kappa shape index (κ2) is 5.39. The SMILES string of the molecule is Cc1ccccc1C(c1ccccc1C)N1CC(O)C1. The van der Waals surface area contributed by atoms with Crippen LogP contribution in [-0.2, 0) is 0 Å². The number of rotatable bonds is 3. The van der Waals surface area contributed by atoms with Crippen LogP contribution < -0.4 is 0 Å². The van der Waals surface area contributed by atoms with E-state index in [2.05, 4.69) is 67.3 Å². The molecule has 2 aromatic carbocycles. The van der Waals surface area contributed by atoms with Crippen LogP contribution in [0.1, 0.15) is 28.3 Å². The first-order chi connectivity index (χ1) is 9.66. The van der Waals surface area contributed by atoms with Gasteiger partial charge in [-0.1, -0.05) is 48.5 Å². The van der Waals surface area contributed by atoms with Gasteiger partial charge in [0.2, 0.25) is 0 Å². The molecule has 104 valence electrons. The molecule has 0 unspecified atom stereocenters. The van der Waals surface area contributed by atoms with Crippen molar-refractivity contribution in [2.75, 3.05) is 13.1 Å². The molecule has 3 rings (SSSR count). The van der Waals surface area contributed by atoms with Gasteiger partial charge in [0.1, 0.15) is 0 Å². The molecule has 2 nitrogen and oxygen atoms in total. The molecule has 0 aliphatic carbocycles. The molecule has 0 atom stereocenters. The van der Waals surface area contributed by atoms with Crippen LogP contribution in [0.5, 0.6) is 0 Å². The standard InChI is InChI=1S/C18H21NO/c1-13-7-3-5-9-16(13)18(19-11-15(20)12-19)17-10-6-4-8-14(17)2/h3-10,15,18,20H,11-12H2,1-2H3. The Bertz CT molecular complexity index is 556. The van der Waals surface area contributed by atoms with Crippen LogP contribution in [0, 0.1) is 13.8 Å². The monoisotopic (exact) mass is 267 g/mol.